The van der Waals surface area contributed by atoms with Gasteiger partial charge in [0.1, 0.15) is 17.9 Å². The topological polar surface area (TPSA) is 105 Å². The van der Waals surface area contributed by atoms with E-state index in [1.54, 1.807) is 13.8 Å². The van der Waals surface area contributed by atoms with Crippen molar-refractivity contribution in [2.75, 3.05) is 0 Å². The molecule has 1 heterocycles. The second-order valence-corrected chi connectivity index (χ2v) is 4.41. The number of aliphatic carboxylic acids is 1. The van der Waals surface area contributed by atoms with E-state index in [9.17, 15) is 9.59 Å². The van der Waals surface area contributed by atoms with Crippen LogP contribution >= 0.6 is 0 Å². The monoisotopic (exact) mass is 239 g/mol. The average Bonchev–Trinajstić information content (AvgIpc) is 2.54. The lowest BCUT2D eigenvalue weighted by molar-refractivity contribution is -0.143. The van der Waals surface area contributed by atoms with Gasteiger partial charge in [-0.3, -0.25) is 9.79 Å². The SMILES string of the molecule is C=C1C[C@@H](C(=O)N[C@@H](C(=O)O)C(C)C)N=C1N. The van der Waals surface area contributed by atoms with Crippen LogP contribution in [0.5, 0.6) is 0 Å². The van der Waals surface area contributed by atoms with Crippen molar-refractivity contribution in [2.24, 2.45) is 16.6 Å². The Morgan fingerprint density at radius 2 is 2.18 bits per heavy atom. The standard InChI is InChI=1S/C11H17N3O3/c1-5(2)8(11(16)17)14-10(15)7-4-6(3)9(12)13-7/h5,7-8H,3-4H2,1-2H3,(H2,12,13)(H,14,15)(H,16,17)/t7-,8+/m0/s1. The Morgan fingerprint density at radius 3 is 2.53 bits per heavy atom. The van der Waals surface area contributed by atoms with Gasteiger partial charge >= 0.3 is 5.97 Å². The fourth-order valence-electron chi connectivity index (χ4n) is 1.56. The Morgan fingerprint density at radius 1 is 1.59 bits per heavy atom. The first-order valence-electron chi connectivity index (χ1n) is 5.37. The lowest BCUT2D eigenvalue weighted by Gasteiger charge is -2.19. The third-order valence-electron chi connectivity index (χ3n) is 2.63. The molecule has 94 valence electrons. The maximum atomic E-state index is 11.8. The smallest absolute Gasteiger partial charge is 0.326 e. The van der Waals surface area contributed by atoms with Crippen LogP contribution in [0.15, 0.2) is 17.1 Å². The van der Waals surface area contributed by atoms with Gasteiger partial charge in [0.25, 0.3) is 0 Å². The number of carboxylic acid groups (broad SMARTS) is 1. The summed E-state index contributed by atoms with van der Waals surface area (Å²) in [5, 5.41) is 11.4. The summed E-state index contributed by atoms with van der Waals surface area (Å²) < 4.78 is 0. The molecular formula is C11H17N3O3. The average molecular weight is 239 g/mol. The number of nitrogens with two attached hydrogens (primary N) is 1. The van der Waals surface area contributed by atoms with Crippen LogP contribution in [-0.4, -0.2) is 34.9 Å². The highest BCUT2D eigenvalue weighted by atomic mass is 16.4. The highest BCUT2D eigenvalue weighted by Gasteiger charge is 2.30. The highest BCUT2D eigenvalue weighted by molar-refractivity contribution is 6.02. The zero-order valence-corrected chi connectivity index (χ0v) is 9.93. The van der Waals surface area contributed by atoms with Crippen LogP contribution in [0.1, 0.15) is 20.3 Å². The van der Waals surface area contributed by atoms with Gasteiger partial charge in [-0.2, -0.15) is 0 Å². The first-order valence-corrected chi connectivity index (χ1v) is 5.37. The van der Waals surface area contributed by atoms with E-state index in [2.05, 4.69) is 16.9 Å². The molecule has 1 rings (SSSR count). The first kappa shape index (κ1) is 13.2. The van der Waals surface area contributed by atoms with Gasteiger partial charge in [-0.15, -0.1) is 0 Å². The van der Waals surface area contributed by atoms with Gasteiger partial charge < -0.3 is 16.2 Å². The number of hydrogen-bond donors (Lipinski definition) is 3. The summed E-state index contributed by atoms with van der Waals surface area (Å²) >= 11 is 0. The van der Waals surface area contributed by atoms with Crippen LogP contribution in [0.25, 0.3) is 0 Å². The number of hydrogen-bond acceptors (Lipinski definition) is 4. The Labute approximate surface area is 99.6 Å². The molecule has 0 spiro atoms. The molecule has 0 aromatic heterocycles. The molecule has 4 N–H and O–H groups in total. The van der Waals surface area contributed by atoms with Crippen molar-refractivity contribution >= 4 is 17.7 Å². The van der Waals surface area contributed by atoms with Crippen LogP contribution in [0.3, 0.4) is 0 Å². The van der Waals surface area contributed by atoms with E-state index in [1.807, 2.05) is 0 Å². The second kappa shape index (κ2) is 4.99. The molecule has 0 fully saturated rings. The van der Waals surface area contributed by atoms with Gasteiger partial charge in [0, 0.05) is 6.42 Å². The molecule has 17 heavy (non-hydrogen) atoms. The van der Waals surface area contributed by atoms with Crippen molar-refractivity contribution in [1.29, 1.82) is 0 Å². The Bertz CT molecular complexity index is 387. The summed E-state index contributed by atoms with van der Waals surface area (Å²) in [6.45, 7) is 7.12. The lowest BCUT2D eigenvalue weighted by atomic mass is 10.0. The van der Waals surface area contributed by atoms with E-state index >= 15 is 0 Å². The van der Waals surface area contributed by atoms with Crippen LogP contribution < -0.4 is 11.1 Å². The van der Waals surface area contributed by atoms with Crippen LogP contribution in [0.2, 0.25) is 0 Å². The number of carbonyl (C=O) groups excluding carboxylic acids is 1. The molecule has 6 nitrogen and oxygen atoms in total. The molecule has 0 aromatic rings. The third-order valence-corrected chi connectivity index (χ3v) is 2.63. The molecule has 0 bridgehead atoms. The number of carboxylic acids is 1. The van der Waals surface area contributed by atoms with Gasteiger partial charge in [0.15, 0.2) is 0 Å². The van der Waals surface area contributed by atoms with Crippen molar-refractivity contribution in [3.63, 3.8) is 0 Å². The summed E-state index contributed by atoms with van der Waals surface area (Å²) in [6.07, 6.45) is 0.349. The normalized spacial score (nSPS) is 21.2. The minimum absolute atomic E-state index is 0.192. The quantitative estimate of drug-likeness (QED) is 0.637. The van der Waals surface area contributed by atoms with Crippen molar-refractivity contribution in [1.82, 2.24) is 5.32 Å². The molecule has 0 unspecified atom stereocenters. The minimum atomic E-state index is -1.05. The van der Waals surface area contributed by atoms with Crippen LogP contribution in [-0.2, 0) is 9.59 Å². The Kier molecular flexibility index (Phi) is 3.88. The minimum Gasteiger partial charge on any atom is -0.480 e. The molecule has 0 saturated heterocycles. The van der Waals surface area contributed by atoms with Crippen molar-refractivity contribution in [2.45, 2.75) is 32.4 Å². The van der Waals surface area contributed by atoms with E-state index in [0.717, 1.165) is 0 Å². The Hall–Kier alpha value is -1.85. The van der Waals surface area contributed by atoms with Gasteiger partial charge in [0.05, 0.1) is 0 Å². The fourth-order valence-corrected chi connectivity index (χ4v) is 1.56. The van der Waals surface area contributed by atoms with Crippen LogP contribution in [0.4, 0.5) is 0 Å². The fraction of sp³-hybridized carbons (Fsp3) is 0.545. The summed E-state index contributed by atoms with van der Waals surface area (Å²) in [5.41, 5.74) is 6.12. The molecular weight excluding hydrogens is 222 g/mol. The molecule has 0 aliphatic carbocycles. The maximum absolute atomic E-state index is 11.8. The Balaban J connectivity index is 2.67. The highest BCUT2D eigenvalue weighted by Crippen LogP contribution is 2.16. The molecule has 1 aliphatic rings. The van der Waals surface area contributed by atoms with Crippen molar-refractivity contribution < 1.29 is 14.7 Å². The predicted octanol–water partition coefficient (Wildman–Crippen LogP) is -0.102. The van der Waals surface area contributed by atoms with Crippen LogP contribution in [0, 0.1) is 5.92 Å². The number of aliphatic imine (C=N–C) groups is 1. The molecule has 1 aliphatic heterocycles. The zero-order chi connectivity index (χ0) is 13.2. The maximum Gasteiger partial charge on any atom is 0.326 e. The van der Waals surface area contributed by atoms with Gasteiger partial charge in [-0.05, 0) is 11.5 Å². The van der Waals surface area contributed by atoms with E-state index in [-0.39, 0.29) is 11.8 Å². The summed E-state index contributed by atoms with van der Waals surface area (Å²) in [6, 6.07) is -1.56. The first-order chi connectivity index (χ1) is 7.82. The van der Waals surface area contributed by atoms with Gasteiger partial charge in [-0.1, -0.05) is 20.4 Å². The van der Waals surface area contributed by atoms with E-state index < -0.39 is 24.0 Å². The largest absolute Gasteiger partial charge is 0.480 e. The summed E-state index contributed by atoms with van der Waals surface area (Å²) in [5.74, 6) is -1.40. The van der Waals surface area contributed by atoms with E-state index in [4.69, 9.17) is 10.8 Å². The number of amides is 1. The van der Waals surface area contributed by atoms with Crippen molar-refractivity contribution in [3.05, 3.63) is 12.2 Å². The predicted molar refractivity (Wildman–Crippen MR) is 63.6 cm³/mol. The van der Waals surface area contributed by atoms with Gasteiger partial charge in [-0.25, -0.2) is 4.79 Å². The van der Waals surface area contributed by atoms with E-state index in [0.29, 0.717) is 12.0 Å². The zero-order valence-electron chi connectivity index (χ0n) is 9.93. The molecule has 2 atom stereocenters. The number of nitrogens with zero attached hydrogens (tertiary/aromatic N) is 1. The third kappa shape index (κ3) is 3.05. The molecule has 0 aromatic carbocycles. The van der Waals surface area contributed by atoms with E-state index in [1.165, 1.54) is 0 Å². The van der Waals surface area contributed by atoms with Gasteiger partial charge in [0.2, 0.25) is 5.91 Å². The lowest BCUT2D eigenvalue weighted by Crippen LogP contribution is -2.47. The number of carbonyl (C=O) groups is 2. The summed E-state index contributed by atoms with van der Waals surface area (Å²) in [4.78, 5) is 26.6. The van der Waals surface area contributed by atoms with Crippen molar-refractivity contribution in [3.8, 4) is 0 Å². The number of amidine groups is 1. The number of rotatable bonds is 4. The summed E-state index contributed by atoms with van der Waals surface area (Å²) in [7, 11) is 0. The molecule has 1 amide bonds. The molecule has 0 radical (unpaired) electrons. The number of nitrogens with one attached hydrogen (secondary N) is 1. The second-order valence-electron chi connectivity index (χ2n) is 4.41. The molecule has 0 saturated carbocycles. The molecule has 6 heteroatoms.